The summed E-state index contributed by atoms with van der Waals surface area (Å²) in [5.41, 5.74) is 1.17. The van der Waals surface area contributed by atoms with E-state index in [1.165, 1.54) is 76.3 Å². The molecule has 1 N–H and O–H groups in total. The Morgan fingerprint density at radius 1 is 0.905 bits per heavy atom. The van der Waals surface area contributed by atoms with Crippen molar-refractivity contribution in [2.24, 2.45) is 5.92 Å². The third-order valence-electron chi connectivity index (χ3n) is 4.63. The zero-order valence-corrected chi connectivity index (χ0v) is 14.4. The van der Waals surface area contributed by atoms with Crippen LogP contribution < -0.4 is 0 Å². The molecule has 21 heavy (non-hydrogen) atoms. The molecule has 1 heterocycles. The van der Waals surface area contributed by atoms with Gasteiger partial charge >= 0.3 is 0 Å². The maximum atomic E-state index is 4.35. The average Bonchev–Trinajstić information content (AvgIpc) is 3.01. The van der Waals surface area contributed by atoms with Crippen molar-refractivity contribution in [2.45, 2.75) is 97.3 Å². The number of aromatic nitrogens is 3. The molecule has 1 aromatic heterocycles. The summed E-state index contributed by atoms with van der Waals surface area (Å²) in [6.07, 6.45) is 16.8. The molecule has 3 nitrogen and oxygen atoms in total. The quantitative estimate of drug-likeness (QED) is 0.463. The second kappa shape index (κ2) is 11.8. The predicted molar refractivity (Wildman–Crippen MR) is 90.4 cm³/mol. The zero-order valence-electron chi connectivity index (χ0n) is 14.4. The molecular weight excluding hydrogens is 258 g/mol. The highest BCUT2D eigenvalue weighted by Crippen LogP contribution is 2.31. The van der Waals surface area contributed by atoms with Crippen molar-refractivity contribution >= 4 is 0 Å². The molecule has 0 aromatic carbocycles. The van der Waals surface area contributed by atoms with E-state index in [-0.39, 0.29) is 0 Å². The van der Waals surface area contributed by atoms with Crippen LogP contribution in [0.25, 0.3) is 0 Å². The Labute approximate surface area is 131 Å². The number of hydrogen-bond donors (Lipinski definition) is 1. The molecule has 0 aliphatic heterocycles. The lowest BCUT2D eigenvalue weighted by Crippen LogP contribution is -2.11. The molecule has 0 saturated heterocycles. The highest BCUT2D eigenvalue weighted by Gasteiger charge is 2.20. The maximum Gasteiger partial charge on any atom is 0.0858 e. The first-order chi connectivity index (χ1) is 10.3. The van der Waals surface area contributed by atoms with Gasteiger partial charge in [0.1, 0.15) is 0 Å². The largest absolute Gasteiger partial charge is 0.198 e. The van der Waals surface area contributed by atoms with Crippen LogP contribution in [0.1, 0.15) is 103 Å². The highest BCUT2D eigenvalue weighted by molar-refractivity contribution is 5.02. The van der Waals surface area contributed by atoms with Crippen molar-refractivity contribution in [1.82, 2.24) is 15.4 Å². The van der Waals surface area contributed by atoms with Crippen LogP contribution in [0.15, 0.2) is 6.20 Å². The SMILES string of the molecule is CCCCCCCCCC(c1cn[nH]n1)C(C)CCCC. The fourth-order valence-corrected chi connectivity index (χ4v) is 3.16. The number of nitrogens with one attached hydrogen (secondary N) is 1. The molecule has 2 atom stereocenters. The standard InChI is InChI=1S/C18H35N3/c1-4-6-8-9-10-11-12-14-17(16(3)13-7-5-2)18-15-19-21-20-18/h15-17H,4-14H2,1-3H3,(H,19,20,21). The van der Waals surface area contributed by atoms with Crippen LogP contribution >= 0.6 is 0 Å². The van der Waals surface area contributed by atoms with E-state index in [1.807, 2.05) is 6.20 Å². The van der Waals surface area contributed by atoms with Crippen molar-refractivity contribution in [3.05, 3.63) is 11.9 Å². The highest BCUT2D eigenvalue weighted by atomic mass is 15.3. The maximum absolute atomic E-state index is 4.35. The topological polar surface area (TPSA) is 41.6 Å². The van der Waals surface area contributed by atoms with Gasteiger partial charge in [0.25, 0.3) is 0 Å². The molecule has 122 valence electrons. The monoisotopic (exact) mass is 293 g/mol. The molecule has 3 heteroatoms. The van der Waals surface area contributed by atoms with Crippen LogP contribution in [-0.4, -0.2) is 15.4 Å². The van der Waals surface area contributed by atoms with E-state index in [2.05, 4.69) is 36.2 Å². The lowest BCUT2D eigenvalue weighted by molar-refractivity contribution is 0.376. The minimum atomic E-state index is 0.589. The van der Waals surface area contributed by atoms with Crippen LogP contribution in [0.3, 0.4) is 0 Å². The Balaban J connectivity index is 2.29. The van der Waals surface area contributed by atoms with Crippen LogP contribution in [0.2, 0.25) is 0 Å². The molecule has 1 rings (SSSR count). The van der Waals surface area contributed by atoms with Gasteiger partial charge in [0.15, 0.2) is 0 Å². The van der Waals surface area contributed by atoms with Crippen molar-refractivity contribution in [3.8, 4) is 0 Å². The number of rotatable bonds is 13. The number of H-pyrrole nitrogens is 1. The van der Waals surface area contributed by atoms with Crippen LogP contribution in [-0.2, 0) is 0 Å². The van der Waals surface area contributed by atoms with Crippen molar-refractivity contribution in [1.29, 1.82) is 0 Å². The summed E-state index contributed by atoms with van der Waals surface area (Å²) in [5, 5.41) is 11.1. The van der Waals surface area contributed by atoms with Gasteiger partial charge in [0, 0.05) is 5.92 Å². The molecule has 0 amide bonds. The predicted octanol–water partition coefficient (Wildman–Crippen LogP) is 5.86. The lowest BCUT2D eigenvalue weighted by atomic mass is 9.83. The molecule has 0 aliphatic rings. The summed E-state index contributed by atoms with van der Waals surface area (Å²) in [6.45, 7) is 6.94. The molecule has 0 fully saturated rings. The van der Waals surface area contributed by atoms with Crippen molar-refractivity contribution in [2.75, 3.05) is 0 Å². The van der Waals surface area contributed by atoms with E-state index in [0.717, 1.165) is 5.92 Å². The summed E-state index contributed by atoms with van der Waals surface area (Å²) in [4.78, 5) is 0. The van der Waals surface area contributed by atoms with E-state index >= 15 is 0 Å². The Bertz CT molecular complexity index is 321. The minimum Gasteiger partial charge on any atom is -0.198 e. The van der Waals surface area contributed by atoms with E-state index in [9.17, 15) is 0 Å². The van der Waals surface area contributed by atoms with E-state index in [1.54, 1.807) is 0 Å². The van der Waals surface area contributed by atoms with Crippen molar-refractivity contribution < 1.29 is 0 Å². The van der Waals surface area contributed by atoms with Gasteiger partial charge in [-0.3, -0.25) is 0 Å². The average molecular weight is 293 g/mol. The molecule has 0 aliphatic carbocycles. The van der Waals surface area contributed by atoms with Gasteiger partial charge in [-0.1, -0.05) is 85.0 Å². The smallest absolute Gasteiger partial charge is 0.0858 e. The molecule has 0 radical (unpaired) electrons. The van der Waals surface area contributed by atoms with E-state index in [4.69, 9.17) is 0 Å². The number of aromatic amines is 1. The lowest BCUT2D eigenvalue weighted by Gasteiger charge is -2.22. The Morgan fingerprint density at radius 3 is 2.19 bits per heavy atom. The number of hydrogen-bond acceptors (Lipinski definition) is 2. The fraction of sp³-hybridized carbons (Fsp3) is 0.889. The number of nitrogens with zero attached hydrogens (tertiary/aromatic N) is 2. The fourth-order valence-electron chi connectivity index (χ4n) is 3.16. The summed E-state index contributed by atoms with van der Waals surface area (Å²) < 4.78 is 0. The van der Waals surface area contributed by atoms with E-state index in [0.29, 0.717) is 5.92 Å². The van der Waals surface area contributed by atoms with Crippen LogP contribution in [0, 0.1) is 5.92 Å². The first-order valence-electron chi connectivity index (χ1n) is 9.15. The summed E-state index contributed by atoms with van der Waals surface area (Å²) in [6, 6.07) is 0. The first-order valence-corrected chi connectivity index (χ1v) is 9.15. The Morgan fingerprint density at radius 2 is 1.57 bits per heavy atom. The summed E-state index contributed by atoms with van der Waals surface area (Å²) in [7, 11) is 0. The normalized spacial score (nSPS) is 14.2. The second-order valence-electron chi connectivity index (χ2n) is 6.53. The van der Waals surface area contributed by atoms with Crippen molar-refractivity contribution in [3.63, 3.8) is 0 Å². The molecule has 0 spiro atoms. The molecule has 2 unspecified atom stereocenters. The third kappa shape index (κ3) is 7.63. The second-order valence-corrected chi connectivity index (χ2v) is 6.53. The van der Waals surface area contributed by atoms with Gasteiger partial charge in [-0.05, 0) is 12.3 Å². The molecule has 0 bridgehead atoms. The van der Waals surface area contributed by atoms with Crippen LogP contribution in [0.4, 0.5) is 0 Å². The van der Waals surface area contributed by atoms with Gasteiger partial charge in [0.2, 0.25) is 0 Å². The van der Waals surface area contributed by atoms with Gasteiger partial charge in [0.05, 0.1) is 11.9 Å². The van der Waals surface area contributed by atoms with Gasteiger partial charge in [-0.25, -0.2) is 0 Å². The number of unbranched alkanes of at least 4 members (excludes halogenated alkanes) is 7. The van der Waals surface area contributed by atoms with Gasteiger partial charge in [-0.15, -0.1) is 0 Å². The minimum absolute atomic E-state index is 0.589. The van der Waals surface area contributed by atoms with Gasteiger partial charge < -0.3 is 0 Å². The summed E-state index contributed by atoms with van der Waals surface area (Å²) >= 11 is 0. The first kappa shape index (κ1) is 18.2. The Kier molecular flexibility index (Phi) is 10.2. The summed E-state index contributed by atoms with van der Waals surface area (Å²) in [5.74, 6) is 1.31. The molecule has 0 saturated carbocycles. The third-order valence-corrected chi connectivity index (χ3v) is 4.63. The molecular formula is C18H35N3. The van der Waals surface area contributed by atoms with Gasteiger partial charge in [-0.2, -0.15) is 15.4 Å². The Hall–Kier alpha value is -0.860. The van der Waals surface area contributed by atoms with Crippen LogP contribution in [0.5, 0.6) is 0 Å². The van der Waals surface area contributed by atoms with E-state index < -0.39 is 0 Å². The molecule has 1 aromatic rings. The zero-order chi connectivity index (χ0) is 15.3.